The molecule has 132 valence electrons. The zero-order valence-electron chi connectivity index (χ0n) is 14.2. The van der Waals surface area contributed by atoms with Crippen LogP contribution in [0.25, 0.3) is 11.3 Å². The van der Waals surface area contributed by atoms with Gasteiger partial charge >= 0.3 is 0 Å². The lowest BCUT2D eigenvalue weighted by molar-refractivity contribution is -0.115. The average molecular weight is 384 g/mol. The molecule has 4 nitrogen and oxygen atoms in total. The van der Waals surface area contributed by atoms with Crippen LogP contribution in [-0.4, -0.2) is 21.1 Å². The third kappa shape index (κ3) is 4.84. The van der Waals surface area contributed by atoms with Gasteiger partial charge in [-0.1, -0.05) is 60.6 Å². The first-order valence-corrected chi connectivity index (χ1v) is 9.52. The number of halogens is 1. The van der Waals surface area contributed by atoms with Gasteiger partial charge in [0.2, 0.25) is 5.91 Å². The molecule has 1 heterocycles. The lowest BCUT2D eigenvalue weighted by atomic mass is 10.1. The maximum Gasteiger partial charge on any atom is 0.237 e. The van der Waals surface area contributed by atoms with Crippen LogP contribution in [0.15, 0.2) is 72.0 Å². The number of thioether (sulfide) groups is 1. The van der Waals surface area contributed by atoms with Gasteiger partial charge in [-0.15, -0.1) is 0 Å². The molecule has 0 bridgehead atoms. The molecule has 3 rings (SSSR count). The Balaban J connectivity index is 1.71. The van der Waals surface area contributed by atoms with E-state index in [0.29, 0.717) is 11.4 Å². The summed E-state index contributed by atoms with van der Waals surface area (Å²) in [4.78, 5) is 21.2. The van der Waals surface area contributed by atoms with Gasteiger partial charge in [0.15, 0.2) is 0 Å². The van der Waals surface area contributed by atoms with E-state index in [1.54, 1.807) is 24.3 Å². The number of anilines is 1. The number of nitrogens with one attached hydrogen (secondary N) is 1. The molecular weight excluding hydrogens is 366 g/mol. The first kappa shape index (κ1) is 18.4. The average Bonchev–Trinajstić information content (AvgIpc) is 2.68. The Morgan fingerprint density at radius 3 is 2.54 bits per heavy atom. The molecule has 0 aliphatic rings. The fourth-order valence-corrected chi connectivity index (χ4v) is 3.43. The Morgan fingerprint density at radius 1 is 1.12 bits per heavy atom. The fourth-order valence-electron chi connectivity index (χ4n) is 2.39. The zero-order chi connectivity index (χ0) is 18.4. The van der Waals surface area contributed by atoms with E-state index in [4.69, 9.17) is 11.6 Å². The van der Waals surface area contributed by atoms with Gasteiger partial charge in [-0.05, 0) is 36.8 Å². The first-order chi connectivity index (χ1) is 12.7. The van der Waals surface area contributed by atoms with Crippen molar-refractivity contribution < 1.29 is 4.79 Å². The van der Waals surface area contributed by atoms with Gasteiger partial charge in [0.25, 0.3) is 0 Å². The molecule has 0 saturated carbocycles. The number of benzene rings is 2. The molecule has 1 aromatic heterocycles. The van der Waals surface area contributed by atoms with Crippen molar-refractivity contribution in [3.05, 3.63) is 72.0 Å². The minimum absolute atomic E-state index is 0.0558. The minimum atomic E-state index is -0.246. The standard InChI is InChI=1S/C20H18ClN3OS/c1-2-18(20(25)24-16-10-8-15(21)9-11-16)26-19-12-17(22-13-23-19)14-6-4-3-5-7-14/h3-13,18H,2H2,1H3,(H,24,25). The van der Waals surface area contributed by atoms with Crippen LogP contribution in [0.3, 0.4) is 0 Å². The normalized spacial score (nSPS) is 11.8. The predicted molar refractivity (Wildman–Crippen MR) is 107 cm³/mol. The summed E-state index contributed by atoms with van der Waals surface area (Å²) in [5.41, 5.74) is 2.59. The van der Waals surface area contributed by atoms with Crippen LogP contribution in [0.5, 0.6) is 0 Å². The molecule has 1 unspecified atom stereocenters. The van der Waals surface area contributed by atoms with Crippen molar-refractivity contribution in [3.8, 4) is 11.3 Å². The summed E-state index contributed by atoms with van der Waals surface area (Å²) >= 11 is 7.32. The lowest BCUT2D eigenvalue weighted by Crippen LogP contribution is -2.24. The number of rotatable bonds is 6. The molecule has 2 aromatic carbocycles. The third-order valence-electron chi connectivity index (χ3n) is 3.75. The molecule has 26 heavy (non-hydrogen) atoms. The van der Waals surface area contributed by atoms with E-state index in [0.717, 1.165) is 22.0 Å². The van der Waals surface area contributed by atoms with Crippen molar-refractivity contribution in [2.75, 3.05) is 5.32 Å². The van der Waals surface area contributed by atoms with Crippen molar-refractivity contribution in [3.63, 3.8) is 0 Å². The summed E-state index contributed by atoms with van der Waals surface area (Å²) in [5.74, 6) is -0.0558. The van der Waals surface area contributed by atoms with Gasteiger partial charge < -0.3 is 5.32 Å². The number of hydrogen-bond donors (Lipinski definition) is 1. The zero-order valence-corrected chi connectivity index (χ0v) is 15.8. The highest BCUT2D eigenvalue weighted by Gasteiger charge is 2.19. The van der Waals surface area contributed by atoms with Crippen LogP contribution in [0, 0.1) is 0 Å². The van der Waals surface area contributed by atoms with Gasteiger partial charge in [0.1, 0.15) is 11.4 Å². The number of hydrogen-bond acceptors (Lipinski definition) is 4. The van der Waals surface area contributed by atoms with Crippen LogP contribution < -0.4 is 5.32 Å². The van der Waals surface area contributed by atoms with Crippen molar-refractivity contribution in [1.82, 2.24) is 9.97 Å². The van der Waals surface area contributed by atoms with Gasteiger partial charge in [0, 0.05) is 16.3 Å². The van der Waals surface area contributed by atoms with Crippen LogP contribution in [0.1, 0.15) is 13.3 Å². The molecular formula is C20H18ClN3OS. The second kappa shape index (κ2) is 8.83. The molecule has 3 aromatic rings. The summed E-state index contributed by atoms with van der Waals surface area (Å²) in [5, 5.41) is 4.09. The highest BCUT2D eigenvalue weighted by atomic mass is 35.5. The van der Waals surface area contributed by atoms with E-state index in [1.807, 2.05) is 43.3 Å². The Bertz CT molecular complexity index is 872. The van der Waals surface area contributed by atoms with E-state index >= 15 is 0 Å². The minimum Gasteiger partial charge on any atom is -0.325 e. The summed E-state index contributed by atoms with van der Waals surface area (Å²) in [7, 11) is 0. The van der Waals surface area contributed by atoms with Crippen molar-refractivity contribution in [1.29, 1.82) is 0 Å². The molecule has 0 spiro atoms. The Hall–Kier alpha value is -2.37. The summed E-state index contributed by atoms with van der Waals surface area (Å²) in [6, 6.07) is 18.9. The maximum absolute atomic E-state index is 12.6. The van der Waals surface area contributed by atoms with Gasteiger partial charge in [-0.25, -0.2) is 9.97 Å². The van der Waals surface area contributed by atoms with Crippen LogP contribution in [0.2, 0.25) is 5.02 Å². The van der Waals surface area contributed by atoms with Gasteiger partial charge in [-0.2, -0.15) is 0 Å². The number of amides is 1. The topological polar surface area (TPSA) is 54.9 Å². The smallest absolute Gasteiger partial charge is 0.237 e. The summed E-state index contributed by atoms with van der Waals surface area (Å²) in [6.07, 6.45) is 2.23. The predicted octanol–water partition coefficient (Wildman–Crippen LogP) is 5.31. The van der Waals surface area contributed by atoms with Crippen LogP contribution in [0.4, 0.5) is 5.69 Å². The largest absolute Gasteiger partial charge is 0.325 e. The number of aromatic nitrogens is 2. The highest BCUT2D eigenvalue weighted by Crippen LogP contribution is 2.27. The third-order valence-corrected chi connectivity index (χ3v) is 5.30. The van der Waals surface area contributed by atoms with E-state index in [9.17, 15) is 4.79 Å². The van der Waals surface area contributed by atoms with E-state index in [-0.39, 0.29) is 11.2 Å². The summed E-state index contributed by atoms with van der Waals surface area (Å²) in [6.45, 7) is 1.98. The number of carbonyl (C=O) groups is 1. The fraction of sp³-hybridized carbons (Fsp3) is 0.150. The van der Waals surface area contributed by atoms with Gasteiger partial charge in [0.05, 0.1) is 10.9 Å². The highest BCUT2D eigenvalue weighted by molar-refractivity contribution is 8.00. The molecule has 0 aliphatic heterocycles. The van der Waals surface area contributed by atoms with E-state index in [1.165, 1.54) is 18.1 Å². The molecule has 6 heteroatoms. The first-order valence-electron chi connectivity index (χ1n) is 8.26. The van der Waals surface area contributed by atoms with Gasteiger partial charge in [-0.3, -0.25) is 4.79 Å². The molecule has 1 N–H and O–H groups in total. The summed E-state index contributed by atoms with van der Waals surface area (Å²) < 4.78 is 0. The van der Waals surface area contributed by atoms with Crippen molar-refractivity contribution >= 4 is 35.0 Å². The monoisotopic (exact) mass is 383 g/mol. The Labute approximate surface area is 162 Å². The van der Waals surface area contributed by atoms with E-state index in [2.05, 4.69) is 15.3 Å². The molecule has 1 atom stereocenters. The maximum atomic E-state index is 12.6. The van der Waals surface area contributed by atoms with E-state index < -0.39 is 0 Å². The number of nitrogens with zero attached hydrogens (tertiary/aromatic N) is 2. The van der Waals surface area contributed by atoms with Crippen molar-refractivity contribution in [2.24, 2.45) is 0 Å². The molecule has 0 saturated heterocycles. The van der Waals surface area contributed by atoms with Crippen LogP contribution in [-0.2, 0) is 4.79 Å². The SMILES string of the molecule is CCC(Sc1cc(-c2ccccc2)ncn1)C(=O)Nc1ccc(Cl)cc1. The second-order valence-electron chi connectivity index (χ2n) is 5.62. The van der Waals surface area contributed by atoms with Crippen LogP contribution >= 0.6 is 23.4 Å². The molecule has 0 fully saturated rings. The molecule has 1 amide bonds. The number of carbonyl (C=O) groups excluding carboxylic acids is 1. The van der Waals surface area contributed by atoms with Crippen molar-refractivity contribution in [2.45, 2.75) is 23.6 Å². The quantitative estimate of drug-likeness (QED) is 0.463. The molecule has 0 radical (unpaired) electrons. The second-order valence-corrected chi connectivity index (χ2v) is 7.28. The Morgan fingerprint density at radius 2 is 1.85 bits per heavy atom. The lowest BCUT2D eigenvalue weighted by Gasteiger charge is -2.14. The Kier molecular flexibility index (Phi) is 6.26. The molecule has 0 aliphatic carbocycles.